The Hall–Kier alpha value is -2.18. The molecule has 0 spiro atoms. The number of hydrogen-bond donors (Lipinski definition) is 19. The van der Waals surface area contributed by atoms with E-state index in [1.807, 2.05) is 0 Å². The summed E-state index contributed by atoms with van der Waals surface area (Å²) in [7, 11) is 0. The highest BCUT2D eigenvalue weighted by Crippen LogP contribution is 2.36. The van der Waals surface area contributed by atoms with E-state index in [1.165, 1.54) is 6.92 Å². The van der Waals surface area contributed by atoms with Gasteiger partial charge in [-0.3, -0.25) is 9.59 Å². The lowest BCUT2D eigenvalue weighted by molar-refractivity contribution is -0.384. The van der Waals surface area contributed by atoms with Crippen LogP contribution in [0.5, 0.6) is 0 Å². The summed E-state index contributed by atoms with van der Waals surface area (Å²) in [6.07, 6.45) is -51.4. The molecule has 6 fully saturated rings. The van der Waals surface area contributed by atoms with Crippen molar-refractivity contribution in [3.8, 4) is 0 Å². The molecule has 2 amide bonds. The van der Waals surface area contributed by atoms with E-state index in [4.69, 9.17) is 52.1 Å². The van der Waals surface area contributed by atoms with Crippen molar-refractivity contribution in [1.82, 2.24) is 10.6 Å². The van der Waals surface area contributed by atoms with E-state index in [9.17, 15) is 96.4 Å². The minimum Gasteiger partial charge on any atom is -0.394 e. The molecule has 0 aromatic rings. The minimum absolute atomic E-state index is 0.728. The second kappa shape index (κ2) is 25.3. The number of amides is 2. The molecular weight excluding hydrogens is 988 g/mol. The van der Waals surface area contributed by atoms with E-state index in [0.29, 0.717) is 0 Å². The standard InChI is InChI=1S/C40H68N2O30/c1-9-19(48)25(54)28(57)37(64-9)63-8-16-33(23(52)17(35(61)65-16)41-10(2)46)70-36-18(42-11(3)47)24(53)32(14(6-45)68-36)71-40-31(60)34(72-39-30(59)27(56)21(50)13(5-44)67-39)22(51)15(69-40)7-62-38-29(58)26(55)20(49)12(4-43)66-38/h9,12-40,43-45,48-61H,4-8H2,1-3H3,(H,41,46)(H,42,47)/t9-,12+,13+,14+,15+,16+,17+,18+,19+,20+,21+,22+,23+,24+,25+,26-,27-,28-,29-,30-,31-,32+,33+,34-,35+,36-,37-,38-,39-,40-/m0/s1. The first-order chi connectivity index (χ1) is 33.9. The Kier molecular flexibility index (Phi) is 20.8. The molecule has 32 nitrogen and oxygen atoms in total. The van der Waals surface area contributed by atoms with E-state index >= 15 is 0 Å². The number of ether oxygens (including phenoxy) is 11. The lowest BCUT2D eigenvalue weighted by Gasteiger charge is -2.50. The van der Waals surface area contributed by atoms with Crippen molar-refractivity contribution in [2.75, 3.05) is 33.0 Å². The van der Waals surface area contributed by atoms with Crippen LogP contribution in [0, 0.1) is 0 Å². The van der Waals surface area contributed by atoms with Crippen LogP contribution in [0.15, 0.2) is 0 Å². The quantitative estimate of drug-likeness (QED) is 0.0643. The fourth-order valence-corrected chi connectivity index (χ4v) is 9.06. The summed E-state index contributed by atoms with van der Waals surface area (Å²) in [4.78, 5) is 24.8. The number of nitrogens with one attached hydrogen (secondary N) is 2. The van der Waals surface area contributed by atoms with Gasteiger partial charge in [-0.1, -0.05) is 0 Å². The molecule has 6 heterocycles. The van der Waals surface area contributed by atoms with Crippen LogP contribution in [0.1, 0.15) is 20.8 Å². The first kappa shape index (κ1) is 59.1. The second-order valence-electron chi connectivity index (χ2n) is 18.3. The Morgan fingerprint density at radius 1 is 0.389 bits per heavy atom. The van der Waals surface area contributed by atoms with Crippen LogP contribution >= 0.6 is 0 Å². The summed E-state index contributed by atoms with van der Waals surface area (Å²) in [5, 5.41) is 186. The molecule has 418 valence electrons. The molecule has 6 aliphatic rings. The summed E-state index contributed by atoms with van der Waals surface area (Å²) < 4.78 is 62.8. The van der Waals surface area contributed by atoms with Gasteiger partial charge in [0.25, 0.3) is 0 Å². The fourth-order valence-electron chi connectivity index (χ4n) is 9.06. The van der Waals surface area contributed by atoms with Gasteiger partial charge >= 0.3 is 0 Å². The van der Waals surface area contributed by atoms with Gasteiger partial charge in [0.05, 0.1) is 39.1 Å². The van der Waals surface area contributed by atoms with Crippen molar-refractivity contribution < 1.29 is 149 Å². The van der Waals surface area contributed by atoms with Crippen LogP contribution < -0.4 is 10.6 Å². The van der Waals surface area contributed by atoms with Crippen LogP contribution in [0.3, 0.4) is 0 Å². The van der Waals surface area contributed by atoms with E-state index in [0.717, 1.165) is 13.8 Å². The van der Waals surface area contributed by atoms with Crippen molar-refractivity contribution in [1.29, 1.82) is 0 Å². The van der Waals surface area contributed by atoms with E-state index < -0.39 is 229 Å². The first-order valence-corrected chi connectivity index (χ1v) is 23.0. The zero-order valence-corrected chi connectivity index (χ0v) is 38.8. The maximum absolute atomic E-state index is 12.7. The topological polar surface area (TPSA) is 504 Å². The highest BCUT2D eigenvalue weighted by atomic mass is 16.8. The van der Waals surface area contributed by atoms with Gasteiger partial charge in [0.2, 0.25) is 11.8 Å². The van der Waals surface area contributed by atoms with Gasteiger partial charge in [0, 0.05) is 13.8 Å². The number of hydrogen-bond acceptors (Lipinski definition) is 30. The molecule has 30 atom stereocenters. The third-order valence-corrected chi connectivity index (χ3v) is 13.2. The summed E-state index contributed by atoms with van der Waals surface area (Å²) in [5.41, 5.74) is 0. The Bertz CT molecular complexity index is 1730. The Balaban J connectivity index is 1.26. The molecule has 32 heteroatoms. The van der Waals surface area contributed by atoms with Gasteiger partial charge in [-0.2, -0.15) is 0 Å². The summed E-state index contributed by atoms with van der Waals surface area (Å²) in [6.45, 7) is -1.00. The minimum atomic E-state index is -2.23. The number of carbonyl (C=O) groups excluding carboxylic acids is 2. The second-order valence-corrected chi connectivity index (χ2v) is 18.3. The monoisotopic (exact) mass is 1060 g/mol. The molecule has 0 saturated carbocycles. The summed E-state index contributed by atoms with van der Waals surface area (Å²) in [5.74, 6) is -1.60. The number of aliphatic hydroxyl groups excluding tert-OH is 17. The third kappa shape index (κ3) is 12.8. The molecule has 0 aromatic heterocycles. The summed E-state index contributed by atoms with van der Waals surface area (Å²) >= 11 is 0. The molecule has 0 radical (unpaired) electrons. The highest BCUT2D eigenvalue weighted by Gasteiger charge is 2.57. The number of carbonyl (C=O) groups is 2. The maximum atomic E-state index is 12.7. The lowest BCUT2D eigenvalue weighted by Crippen LogP contribution is -2.70. The predicted octanol–water partition coefficient (Wildman–Crippen LogP) is -12.8. The van der Waals surface area contributed by atoms with Gasteiger partial charge in [-0.15, -0.1) is 0 Å². The molecule has 19 N–H and O–H groups in total. The van der Waals surface area contributed by atoms with E-state index in [-0.39, 0.29) is 0 Å². The van der Waals surface area contributed by atoms with Gasteiger partial charge in [-0.05, 0) is 6.92 Å². The van der Waals surface area contributed by atoms with Crippen molar-refractivity contribution in [3.05, 3.63) is 0 Å². The van der Waals surface area contributed by atoms with Crippen molar-refractivity contribution >= 4 is 11.8 Å². The molecule has 0 unspecified atom stereocenters. The smallest absolute Gasteiger partial charge is 0.217 e. The van der Waals surface area contributed by atoms with Gasteiger partial charge in [-0.25, -0.2) is 0 Å². The molecule has 0 aliphatic carbocycles. The van der Waals surface area contributed by atoms with E-state index in [1.54, 1.807) is 0 Å². The molecular formula is C40H68N2O30. The van der Waals surface area contributed by atoms with Crippen LogP contribution in [0.25, 0.3) is 0 Å². The van der Waals surface area contributed by atoms with Crippen LogP contribution in [-0.2, 0) is 61.7 Å². The average Bonchev–Trinajstić information content (AvgIpc) is 3.34. The van der Waals surface area contributed by atoms with Gasteiger partial charge in [0.1, 0.15) is 140 Å². The van der Waals surface area contributed by atoms with Crippen LogP contribution in [0.4, 0.5) is 0 Å². The number of aliphatic hydroxyl groups is 17. The van der Waals surface area contributed by atoms with Crippen molar-refractivity contribution in [2.24, 2.45) is 0 Å². The molecule has 6 aliphatic heterocycles. The zero-order chi connectivity index (χ0) is 53.2. The highest BCUT2D eigenvalue weighted by molar-refractivity contribution is 5.73. The maximum Gasteiger partial charge on any atom is 0.217 e. The summed E-state index contributed by atoms with van der Waals surface area (Å²) in [6, 6.07) is -3.40. The predicted molar refractivity (Wildman–Crippen MR) is 221 cm³/mol. The Labute approximate surface area is 408 Å². The van der Waals surface area contributed by atoms with Gasteiger partial charge < -0.3 is 150 Å². The fraction of sp³-hybridized carbons (Fsp3) is 0.950. The number of rotatable bonds is 17. The molecule has 6 rings (SSSR count). The Morgan fingerprint density at radius 2 is 0.792 bits per heavy atom. The molecule has 0 bridgehead atoms. The molecule has 0 aromatic carbocycles. The van der Waals surface area contributed by atoms with Gasteiger partial charge in [0.15, 0.2) is 37.7 Å². The average molecular weight is 1060 g/mol. The molecule has 72 heavy (non-hydrogen) atoms. The van der Waals surface area contributed by atoms with Crippen molar-refractivity contribution in [2.45, 2.75) is 205 Å². The van der Waals surface area contributed by atoms with Crippen molar-refractivity contribution in [3.63, 3.8) is 0 Å². The van der Waals surface area contributed by atoms with Crippen LogP contribution in [0.2, 0.25) is 0 Å². The SMILES string of the molecule is CC(=O)N[C@@H]1[C@@H](O)[C@H](O[C@@H]2O[C@H](CO)[C@@H](O[C@@H]3O[C@H](CO[C@H]4O[C@H](CO)[C@@H](O)[C@H](O)[C@@H]4O)[C@@H](O)[C@H](O[C@@H]4O[C@H](CO)[C@@H](O)[C@H](O)[C@@H]4O)[C@@H]3O)[C@H](O)[C@H]2NC(C)=O)[C@@H](CO[C@H]2O[C@@H](C)[C@@H](O)[C@@H](O)[C@@H]2O)O[C@H]1O. The van der Waals surface area contributed by atoms with Crippen LogP contribution in [-0.4, -0.2) is 316 Å². The Morgan fingerprint density at radius 3 is 1.35 bits per heavy atom. The largest absolute Gasteiger partial charge is 0.394 e. The third-order valence-electron chi connectivity index (χ3n) is 13.2. The van der Waals surface area contributed by atoms with E-state index in [2.05, 4.69) is 10.6 Å². The lowest BCUT2D eigenvalue weighted by atomic mass is 9.94. The zero-order valence-electron chi connectivity index (χ0n) is 38.8. The molecule has 6 saturated heterocycles. The first-order valence-electron chi connectivity index (χ1n) is 23.0. The normalized spacial score (nSPS) is 50.3.